The van der Waals surface area contributed by atoms with Crippen molar-refractivity contribution in [2.24, 2.45) is 5.92 Å². The van der Waals surface area contributed by atoms with Gasteiger partial charge in [0.1, 0.15) is 0 Å². The van der Waals surface area contributed by atoms with Gasteiger partial charge in [-0.2, -0.15) is 5.26 Å². The van der Waals surface area contributed by atoms with Crippen LogP contribution in [0.25, 0.3) is 0 Å². The van der Waals surface area contributed by atoms with E-state index in [0.717, 1.165) is 12.5 Å². The molecule has 0 amide bonds. The molecule has 3 heteroatoms. The number of hydrogen-bond donors (Lipinski definition) is 0. The molecule has 100 valence electrons. The van der Waals surface area contributed by atoms with Gasteiger partial charge in [0, 0.05) is 38.3 Å². The number of hydrogen-bond acceptors (Lipinski definition) is 3. The van der Waals surface area contributed by atoms with Crippen LogP contribution in [0.5, 0.6) is 0 Å². The van der Waals surface area contributed by atoms with Crippen LogP contribution in [0, 0.1) is 17.2 Å². The van der Waals surface area contributed by atoms with Gasteiger partial charge in [-0.25, -0.2) is 0 Å². The fourth-order valence-electron chi connectivity index (χ4n) is 3.75. The number of nitriles is 1. The second-order valence-corrected chi connectivity index (χ2v) is 6.24. The number of nitrogens with zero attached hydrogens (tertiary/aromatic N) is 3. The summed E-state index contributed by atoms with van der Waals surface area (Å²) in [5.41, 5.74) is 0. The van der Waals surface area contributed by atoms with E-state index in [2.05, 4.69) is 15.9 Å². The van der Waals surface area contributed by atoms with Crippen molar-refractivity contribution in [2.45, 2.75) is 57.0 Å². The topological polar surface area (TPSA) is 30.3 Å². The van der Waals surface area contributed by atoms with E-state index in [-0.39, 0.29) is 0 Å². The van der Waals surface area contributed by atoms with Crippen LogP contribution in [-0.2, 0) is 0 Å². The van der Waals surface area contributed by atoms with E-state index < -0.39 is 0 Å². The van der Waals surface area contributed by atoms with Crippen LogP contribution in [0.4, 0.5) is 0 Å². The minimum absolute atomic E-state index is 0.292. The average Bonchev–Trinajstić information content (AvgIpc) is 3.25. The SMILES string of the molecule is N#CC1CCCCCC1N1CCN(C2CC2)CC1. The van der Waals surface area contributed by atoms with Gasteiger partial charge in [0.05, 0.1) is 12.0 Å². The Bertz CT molecular complexity index is 310. The summed E-state index contributed by atoms with van der Waals surface area (Å²) in [4.78, 5) is 5.28. The van der Waals surface area contributed by atoms with Crippen molar-refractivity contribution in [3.63, 3.8) is 0 Å². The van der Waals surface area contributed by atoms with Crippen molar-refractivity contribution in [3.05, 3.63) is 0 Å². The van der Waals surface area contributed by atoms with Crippen molar-refractivity contribution in [1.82, 2.24) is 9.80 Å². The van der Waals surface area contributed by atoms with Crippen LogP contribution in [0.3, 0.4) is 0 Å². The molecule has 3 aliphatic rings. The molecule has 0 N–H and O–H groups in total. The Morgan fingerprint density at radius 2 is 1.44 bits per heavy atom. The molecule has 3 nitrogen and oxygen atoms in total. The zero-order valence-electron chi connectivity index (χ0n) is 11.4. The van der Waals surface area contributed by atoms with Gasteiger partial charge in [-0.05, 0) is 25.7 Å². The molecule has 1 aliphatic heterocycles. The maximum Gasteiger partial charge on any atom is 0.0672 e. The molecule has 0 aromatic carbocycles. The Morgan fingerprint density at radius 1 is 0.778 bits per heavy atom. The molecular weight excluding hydrogens is 222 g/mol. The van der Waals surface area contributed by atoms with Crippen LogP contribution >= 0.6 is 0 Å². The first-order chi connectivity index (χ1) is 8.88. The van der Waals surface area contributed by atoms with E-state index in [1.807, 2.05) is 0 Å². The van der Waals surface area contributed by atoms with Crippen LogP contribution in [0.2, 0.25) is 0 Å². The summed E-state index contributed by atoms with van der Waals surface area (Å²) < 4.78 is 0. The van der Waals surface area contributed by atoms with Gasteiger partial charge in [0.2, 0.25) is 0 Å². The fourth-order valence-corrected chi connectivity index (χ4v) is 3.75. The normalized spacial score (nSPS) is 35.9. The Kier molecular flexibility index (Phi) is 3.86. The second kappa shape index (κ2) is 5.59. The monoisotopic (exact) mass is 247 g/mol. The third-order valence-corrected chi connectivity index (χ3v) is 5.03. The molecule has 3 fully saturated rings. The Morgan fingerprint density at radius 3 is 2.11 bits per heavy atom. The van der Waals surface area contributed by atoms with Gasteiger partial charge < -0.3 is 0 Å². The van der Waals surface area contributed by atoms with E-state index in [1.165, 1.54) is 64.7 Å². The molecule has 2 aliphatic carbocycles. The molecule has 1 saturated heterocycles. The Balaban J connectivity index is 1.57. The second-order valence-electron chi connectivity index (χ2n) is 6.24. The maximum atomic E-state index is 9.38. The van der Waals surface area contributed by atoms with Gasteiger partial charge in [-0.1, -0.05) is 19.3 Å². The lowest BCUT2D eigenvalue weighted by Crippen LogP contribution is -2.52. The highest BCUT2D eigenvalue weighted by molar-refractivity contribution is 4.97. The van der Waals surface area contributed by atoms with Crippen molar-refractivity contribution in [2.75, 3.05) is 26.2 Å². The zero-order valence-corrected chi connectivity index (χ0v) is 11.4. The summed E-state index contributed by atoms with van der Waals surface area (Å²) in [5.74, 6) is 0.292. The molecule has 2 saturated carbocycles. The predicted molar refractivity (Wildman–Crippen MR) is 72.1 cm³/mol. The summed E-state index contributed by atoms with van der Waals surface area (Å²) in [6.07, 6.45) is 9.14. The number of piperazine rings is 1. The molecule has 2 unspecified atom stereocenters. The van der Waals surface area contributed by atoms with Gasteiger partial charge in [0.25, 0.3) is 0 Å². The van der Waals surface area contributed by atoms with Crippen molar-refractivity contribution < 1.29 is 0 Å². The van der Waals surface area contributed by atoms with E-state index in [0.29, 0.717) is 12.0 Å². The lowest BCUT2D eigenvalue weighted by molar-refractivity contribution is 0.0726. The molecule has 0 bridgehead atoms. The van der Waals surface area contributed by atoms with Gasteiger partial charge in [-0.15, -0.1) is 0 Å². The lowest BCUT2D eigenvalue weighted by atomic mass is 9.94. The molecular formula is C15H25N3. The minimum Gasteiger partial charge on any atom is -0.298 e. The van der Waals surface area contributed by atoms with E-state index >= 15 is 0 Å². The van der Waals surface area contributed by atoms with Crippen LogP contribution in [0.1, 0.15) is 44.9 Å². The van der Waals surface area contributed by atoms with Crippen LogP contribution in [-0.4, -0.2) is 48.1 Å². The summed E-state index contributed by atoms with van der Waals surface area (Å²) >= 11 is 0. The van der Waals surface area contributed by atoms with Crippen molar-refractivity contribution in [3.8, 4) is 6.07 Å². The Hall–Kier alpha value is -0.590. The van der Waals surface area contributed by atoms with Crippen molar-refractivity contribution >= 4 is 0 Å². The van der Waals surface area contributed by atoms with E-state index in [1.54, 1.807) is 0 Å². The van der Waals surface area contributed by atoms with E-state index in [9.17, 15) is 5.26 Å². The zero-order chi connectivity index (χ0) is 12.4. The summed E-state index contributed by atoms with van der Waals surface area (Å²) in [7, 11) is 0. The molecule has 0 spiro atoms. The standard InChI is InChI=1S/C15H25N3/c16-12-13-4-2-1-3-5-15(13)18-10-8-17(9-11-18)14-6-7-14/h13-15H,1-11H2. The quantitative estimate of drug-likeness (QED) is 0.701. The highest BCUT2D eigenvalue weighted by Gasteiger charge is 2.35. The van der Waals surface area contributed by atoms with E-state index in [4.69, 9.17) is 0 Å². The predicted octanol–water partition coefficient (Wildman–Crippen LogP) is 2.24. The van der Waals surface area contributed by atoms with Crippen LogP contribution < -0.4 is 0 Å². The first kappa shape index (κ1) is 12.4. The molecule has 0 radical (unpaired) electrons. The summed E-state index contributed by atoms with van der Waals surface area (Å²) in [6, 6.07) is 4.05. The highest BCUT2D eigenvalue weighted by Crippen LogP contribution is 2.31. The molecule has 18 heavy (non-hydrogen) atoms. The molecule has 2 atom stereocenters. The van der Waals surface area contributed by atoms with Gasteiger partial charge >= 0.3 is 0 Å². The summed E-state index contributed by atoms with van der Waals surface area (Å²) in [6.45, 7) is 4.86. The molecule has 1 heterocycles. The average molecular weight is 247 g/mol. The third kappa shape index (κ3) is 2.70. The van der Waals surface area contributed by atoms with Crippen LogP contribution in [0.15, 0.2) is 0 Å². The summed E-state index contributed by atoms with van der Waals surface area (Å²) in [5, 5.41) is 9.38. The number of rotatable bonds is 2. The molecule has 0 aromatic rings. The first-order valence-electron chi connectivity index (χ1n) is 7.76. The van der Waals surface area contributed by atoms with Gasteiger partial charge in [-0.3, -0.25) is 9.80 Å². The smallest absolute Gasteiger partial charge is 0.0672 e. The minimum atomic E-state index is 0.292. The maximum absolute atomic E-state index is 9.38. The lowest BCUT2D eigenvalue weighted by Gasteiger charge is -2.40. The van der Waals surface area contributed by atoms with Crippen molar-refractivity contribution in [1.29, 1.82) is 5.26 Å². The largest absolute Gasteiger partial charge is 0.298 e. The Labute approximate surface area is 111 Å². The van der Waals surface area contributed by atoms with Gasteiger partial charge in [0.15, 0.2) is 0 Å². The molecule has 3 rings (SSSR count). The first-order valence-corrected chi connectivity index (χ1v) is 7.76. The fraction of sp³-hybridized carbons (Fsp3) is 0.933. The highest BCUT2D eigenvalue weighted by atomic mass is 15.3. The molecule has 0 aromatic heterocycles. The third-order valence-electron chi connectivity index (χ3n) is 5.03.